The maximum Gasteiger partial charge on any atom is 0.258 e. The van der Waals surface area contributed by atoms with Gasteiger partial charge in [-0.25, -0.2) is 12.8 Å². The molecule has 158 valence electrons. The van der Waals surface area contributed by atoms with Crippen LogP contribution in [0.3, 0.4) is 0 Å². The van der Waals surface area contributed by atoms with Gasteiger partial charge in [0.1, 0.15) is 16.5 Å². The molecule has 3 aromatic rings. The van der Waals surface area contributed by atoms with Crippen molar-refractivity contribution in [1.29, 1.82) is 0 Å². The Kier molecular flexibility index (Phi) is 6.06. The molecule has 0 saturated carbocycles. The summed E-state index contributed by atoms with van der Waals surface area (Å²) in [5, 5.41) is 3.01. The Morgan fingerprint density at radius 3 is 2.23 bits per heavy atom. The average molecular weight is 449 g/mol. The van der Waals surface area contributed by atoms with Crippen LogP contribution in [0.25, 0.3) is 0 Å². The number of benzene rings is 2. The predicted octanol–water partition coefficient (Wildman–Crippen LogP) is 5.56. The number of anilines is 1. The number of nitrogens with zero attached hydrogens (tertiary/aromatic N) is 1. The van der Waals surface area contributed by atoms with Gasteiger partial charge in [-0.05, 0) is 69.7 Å². The van der Waals surface area contributed by atoms with E-state index < -0.39 is 21.6 Å². The molecular formula is C22H22ClFN2O3S. The highest BCUT2D eigenvalue weighted by atomic mass is 35.5. The first kappa shape index (κ1) is 22.1. The number of nitrogens with one attached hydrogen (secondary N) is 1. The SMILES string of the molecule is Cc1c(S(=O)(=O)c2ccc(F)cc2)c(NC(=O)c2ccccc2Cl)n(C(C)C)c1C. The number of sulfone groups is 1. The standard InChI is InChI=1S/C22H22ClFN2O3S/c1-13(2)26-15(4)14(3)20(30(28,29)17-11-9-16(24)10-12-17)21(26)25-22(27)18-7-5-6-8-19(18)23/h5-13H,1-4H3,(H,25,27). The molecule has 1 aromatic heterocycles. The van der Waals surface area contributed by atoms with E-state index in [0.717, 1.165) is 12.1 Å². The zero-order valence-corrected chi connectivity index (χ0v) is 18.6. The Bertz CT molecular complexity index is 1220. The van der Waals surface area contributed by atoms with Crippen LogP contribution in [0.5, 0.6) is 0 Å². The molecule has 5 nitrogen and oxygen atoms in total. The number of aromatic nitrogens is 1. The molecule has 3 rings (SSSR count). The number of carbonyl (C=O) groups excluding carboxylic acids is 1. The lowest BCUT2D eigenvalue weighted by atomic mass is 10.2. The molecule has 0 bridgehead atoms. The fourth-order valence-electron chi connectivity index (χ4n) is 3.44. The van der Waals surface area contributed by atoms with E-state index in [2.05, 4.69) is 5.32 Å². The Labute approximate surface area is 180 Å². The van der Waals surface area contributed by atoms with E-state index in [1.165, 1.54) is 12.1 Å². The summed E-state index contributed by atoms with van der Waals surface area (Å²) < 4.78 is 42.0. The van der Waals surface area contributed by atoms with Crippen LogP contribution in [-0.4, -0.2) is 18.9 Å². The Hall–Kier alpha value is -2.64. The molecule has 8 heteroatoms. The van der Waals surface area contributed by atoms with E-state index in [0.29, 0.717) is 11.3 Å². The lowest BCUT2D eigenvalue weighted by molar-refractivity contribution is 0.102. The minimum absolute atomic E-state index is 0.0132. The molecule has 1 amide bonds. The van der Waals surface area contributed by atoms with Crippen molar-refractivity contribution < 1.29 is 17.6 Å². The van der Waals surface area contributed by atoms with Crippen LogP contribution < -0.4 is 5.32 Å². The van der Waals surface area contributed by atoms with Crippen LogP contribution in [0.15, 0.2) is 58.3 Å². The Morgan fingerprint density at radius 2 is 1.67 bits per heavy atom. The topological polar surface area (TPSA) is 68.2 Å². The molecule has 2 aromatic carbocycles. The summed E-state index contributed by atoms with van der Waals surface area (Å²) in [6, 6.07) is 11.0. The monoisotopic (exact) mass is 448 g/mol. The fourth-order valence-corrected chi connectivity index (χ4v) is 5.35. The highest BCUT2D eigenvalue weighted by molar-refractivity contribution is 7.91. The highest BCUT2D eigenvalue weighted by Crippen LogP contribution is 2.37. The number of rotatable bonds is 5. The first-order valence-electron chi connectivity index (χ1n) is 9.33. The van der Waals surface area contributed by atoms with Crippen molar-refractivity contribution in [2.45, 2.75) is 43.5 Å². The molecule has 0 spiro atoms. The van der Waals surface area contributed by atoms with Crippen molar-refractivity contribution in [3.8, 4) is 0 Å². The summed E-state index contributed by atoms with van der Waals surface area (Å²) in [5.74, 6) is -0.890. The minimum Gasteiger partial charge on any atom is -0.328 e. The first-order chi connectivity index (χ1) is 14.1. The van der Waals surface area contributed by atoms with Gasteiger partial charge in [0.2, 0.25) is 9.84 Å². The van der Waals surface area contributed by atoms with Crippen molar-refractivity contribution >= 4 is 33.2 Å². The van der Waals surface area contributed by atoms with Crippen LogP contribution in [0.2, 0.25) is 5.02 Å². The number of amides is 1. The third kappa shape index (κ3) is 3.87. The summed E-state index contributed by atoms with van der Waals surface area (Å²) in [5.41, 5.74) is 1.46. The maximum atomic E-state index is 13.4. The largest absolute Gasteiger partial charge is 0.328 e. The first-order valence-corrected chi connectivity index (χ1v) is 11.2. The van der Waals surface area contributed by atoms with Gasteiger partial charge >= 0.3 is 0 Å². The van der Waals surface area contributed by atoms with Crippen molar-refractivity contribution in [2.75, 3.05) is 5.32 Å². The molecule has 0 aliphatic rings. The zero-order valence-electron chi connectivity index (χ0n) is 17.0. The number of halogens is 2. The summed E-state index contributed by atoms with van der Waals surface area (Å²) in [6.07, 6.45) is 0. The second-order valence-electron chi connectivity index (χ2n) is 7.24. The molecule has 1 N–H and O–H groups in total. The molecule has 0 aliphatic carbocycles. The van der Waals surface area contributed by atoms with Gasteiger partial charge in [0.25, 0.3) is 5.91 Å². The zero-order chi connectivity index (χ0) is 22.2. The van der Waals surface area contributed by atoms with Crippen LogP contribution in [-0.2, 0) is 9.84 Å². The third-order valence-electron chi connectivity index (χ3n) is 4.96. The second kappa shape index (κ2) is 8.24. The summed E-state index contributed by atoms with van der Waals surface area (Å²) in [7, 11) is -4.03. The molecule has 0 fully saturated rings. The van der Waals surface area contributed by atoms with Gasteiger partial charge in [-0.15, -0.1) is 0 Å². The summed E-state index contributed by atoms with van der Waals surface area (Å²) >= 11 is 6.14. The highest BCUT2D eigenvalue weighted by Gasteiger charge is 2.31. The van der Waals surface area contributed by atoms with E-state index >= 15 is 0 Å². The maximum absolute atomic E-state index is 13.4. The quantitative estimate of drug-likeness (QED) is 0.519. The molecule has 0 aliphatic heterocycles. The van der Waals surface area contributed by atoms with Crippen LogP contribution in [0.1, 0.15) is 41.5 Å². The number of carbonyl (C=O) groups is 1. The number of hydrogen-bond acceptors (Lipinski definition) is 3. The summed E-state index contributed by atoms with van der Waals surface area (Å²) in [4.78, 5) is 12.9. The van der Waals surface area contributed by atoms with E-state index in [1.807, 2.05) is 13.8 Å². The number of hydrogen-bond donors (Lipinski definition) is 1. The van der Waals surface area contributed by atoms with Gasteiger partial charge in [0.05, 0.1) is 15.5 Å². The second-order valence-corrected chi connectivity index (χ2v) is 9.54. The molecule has 30 heavy (non-hydrogen) atoms. The van der Waals surface area contributed by atoms with Gasteiger partial charge in [-0.2, -0.15) is 0 Å². The molecule has 0 atom stereocenters. The van der Waals surface area contributed by atoms with Crippen LogP contribution >= 0.6 is 11.6 Å². The predicted molar refractivity (Wildman–Crippen MR) is 116 cm³/mol. The van der Waals surface area contributed by atoms with Gasteiger partial charge in [0, 0.05) is 11.7 Å². The van der Waals surface area contributed by atoms with Crippen LogP contribution in [0, 0.1) is 19.7 Å². The Balaban J connectivity index is 2.21. The minimum atomic E-state index is -4.03. The van der Waals surface area contributed by atoms with Gasteiger partial charge < -0.3 is 9.88 Å². The molecule has 0 saturated heterocycles. The van der Waals surface area contributed by atoms with Gasteiger partial charge in [-0.1, -0.05) is 23.7 Å². The molecule has 0 radical (unpaired) electrons. The normalized spacial score (nSPS) is 11.7. The fraction of sp³-hybridized carbons (Fsp3) is 0.227. The average Bonchev–Trinajstić information content (AvgIpc) is 2.93. The lowest BCUT2D eigenvalue weighted by Crippen LogP contribution is -2.19. The van der Waals surface area contributed by atoms with E-state index in [-0.39, 0.29) is 32.2 Å². The van der Waals surface area contributed by atoms with E-state index in [9.17, 15) is 17.6 Å². The summed E-state index contributed by atoms with van der Waals surface area (Å²) in [6.45, 7) is 7.28. The molecule has 0 unspecified atom stereocenters. The van der Waals surface area contributed by atoms with E-state index in [1.54, 1.807) is 42.7 Å². The van der Waals surface area contributed by atoms with Crippen molar-refractivity contribution in [3.63, 3.8) is 0 Å². The molecular weight excluding hydrogens is 427 g/mol. The van der Waals surface area contributed by atoms with Crippen molar-refractivity contribution in [1.82, 2.24) is 4.57 Å². The van der Waals surface area contributed by atoms with Gasteiger partial charge in [0.15, 0.2) is 0 Å². The van der Waals surface area contributed by atoms with Crippen LogP contribution in [0.4, 0.5) is 10.2 Å². The lowest BCUT2D eigenvalue weighted by Gasteiger charge is -2.17. The smallest absolute Gasteiger partial charge is 0.258 e. The molecule has 1 heterocycles. The van der Waals surface area contributed by atoms with Crippen molar-refractivity contribution in [2.24, 2.45) is 0 Å². The van der Waals surface area contributed by atoms with Gasteiger partial charge in [-0.3, -0.25) is 4.79 Å². The third-order valence-corrected chi connectivity index (χ3v) is 7.22. The van der Waals surface area contributed by atoms with E-state index in [4.69, 9.17) is 11.6 Å². The Morgan fingerprint density at radius 1 is 1.07 bits per heavy atom. The van der Waals surface area contributed by atoms with Crippen molar-refractivity contribution in [3.05, 3.63) is 76.2 Å².